The number of methoxy groups -OCH3 is 1. The van der Waals surface area contributed by atoms with Gasteiger partial charge in [-0.15, -0.1) is 0 Å². The summed E-state index contributed by atoms with van der Waals surface area (Å²) in [5.41, 5.74) is 0. The van der Waals surface area contributed by atoms with Gasteiger partial charge in [0.05, 0.1) is 7.11 Å². The van der Waals surface area contributed by atoms with E-state index < -0.39 is 4.92 Å². The molecule has 0 aliphatic heterocycles. The number of hydrogen-bond acceptors (Lipinski definition) is 6. The zero-order chi connectivity index (χ0) is 14.1. The largest absolute Gasteiger partial charge is 0.497 e. The fraction of sp³-hybridized carbons (Fsp3) is 0.0833. The van der Waals surface area contributed by atoms with Crippen molar-refractivity contribution >= 4 is 22.1 Å². The van der Waals surface area contributed by atoms with Crippen LogP contribution in [0.25, 0.3) is 4.96 Å². The number of ether oxygens (including phenoxy) is 2. The van der Waals surface area contributed by atoms with Gasteiger partial charge in [-0.2, -0.15) is 9.38 Å². The Kier molecular flexibility index (Phi) is 2.99. The average Bonchev–Trinajstić information content (AvgIpc) is 2.98. The third kappa shape index (κ3) is 2.05. The van der Waals surface area contributed by atoms with Crippen LogP contribution in [0.1, 0.15) is 0 Å². The van der Waals surface area contributed by atoms with Gasteiger partial charge in [-0.25, -0.2) is 0 Å². The van der Waals surface area contributed by atoms with Crippen LogP contribution in [0.2, 0.25) is 0 Å². The predicted octanol–water partition coefficient (Wildman–Crippen LogP) is 3.10. The summed E-state index contributed by atoms with van der Waals surface area (Å²) in [5.74, 6) is 0.809. The molecule has 1 aromatic carbocycles. The maximum Gasteiger partial charge on any atom is 0.393 e. The normalized spacial score (nSPS) is 10.7. The molecule has 0 aliphatic rings. The summed E-state index contributed by atoms with van der Waals surface area (Å²) in [4.78, 5) is 15.3. The molecule has 0 radical (unpaired) electrons. The lowest BCUT2D eigenvalue weighted by Crippen LogP contribution is -1.95. The van der Waals surface area contributed by atoms with Crippen molar-refractivity contribution in [1.29, 1.82) is 0 Å². The number of fused-ring (bicyclic) bond motifs is 1. The van der Waals surface area contributed by atoms with Crippen LogP contribution >= 0.6 is 11.3 Å². The second-order valence-corrected chi connectivity index (χ2v) is 4.71. The van der Waals surface area contributed by atoms with E-state index in [0.717, 1.165) is 0 Å². The summed E-state index contributed by atoms with van der Waals surface area (Å²) in [6, 6.07) is 6.81. The highest BCUT2D eigenvalue weighted by atomic mass is 32.1. The molecular weight excluding hydrogens is 282 g/mol. The fourth-order valence-corrected chi connectivity index (χ4v) is 2.47. The lowest BCUT2D eigenvalue weighted by molar-refractivity contribution is -0.391. The van der Waals surface area contributed by atoms with Gasteiger partial charge in [0.25, 0.3) is 4.96 Å². The molecule has 0 bridgehead atoms. The molecule has 0 N–H and O–H groups in total. The molecule has 3 aromatic rings. The number of nitro groups is 1. The minimum absolute atomic E-state index is 0.0323. The monoisotopic (exact) mass is 291 g/mol. The summed E-state index contributed by atoms with van der Waals surface area (Å²) >= 11 is 1.30. The zero-order valence-electron chi connectivity index (χ0n) is 10.3. The number of aromatic nitrogens is 2. The molecule has 0 atom stereocenters. The van der Waals surface area contributed by atoms with Crippen LogP contribution in [0, 0.1) is 10.1 Å². The van der Waals surface area contributed by atoms with Crippen LogP contribution in [0.15, 0.2) is 35.8 Å². The van der Waals surface area contributed by atoms with E-state index in [4.69, 9.17) is 9.47 Å². The Morgan fingerprint density at radius 1 is 1.40 bits per heavy atom. The molecule has 0 aliphatic carbocycles. The minimum atomic E-state index is -0.512. The highest BCUT2D eigenvalue weighted by molar-refractivity contribution is 7.15. The predicted molar refractivity (Wildman–Crippen MR) is 72.8 cm³/mol. The number of imidazole rings is 1. The van der Waals surface area contributed by atoms with Crippen LogP contribution in [0.3, 0.4) is 0 Å². The van der Waals surface area contributed by atoms with Gasteiger partial charge >= 0.3 is 11.7 Å². The first kappa shape index (κ1) is 12.4. The van der Waals surface area contributed by atoms with E-state index in [1.165, 1.54) is 22.8 Å². The van der Waals surface area contributed by atoms with Crippen molar-refractivity contribution in [3.8, 4) is 17.4 Å². The van der Waals surface area contributed by atoms with Crippen LogP contribution in [0.5, 0.6) is 17.4 Å². The highest BCUT2D eigenvalue weighted by Crippen LogP contribution is 2.34. The van der Waals surface area contributed by atoms with E-state index in [1.807, 2.05) is 0 Å². The average molecular weight is 291 g/mol. The topological polar surface area (TPSA) is 78.9 Å². The minimum Gasteiger partial charge on any atom is -0.497 e. The zero-order valence-corrected chi connectivity index (χ0v) is 11.2. The van der Waals surface area contributed by atoms with Gasteiger partial charge < -0.3 is 19.6 Å². The number of thiazole rings is 1. The number of hydrogen-bond donors (Lipinski definition) is 0. The van der Waals surface area contributed by atoms with Crippen molar-refractivity contribution < 1.29 is 14.4 Å². The molecule has 0 amide bonds. The van der Waals surface area contributed by atoms with Crippen molar-refractivity contribution in [2.24, 2.45) is 0 Å². The van der Waals surface area contributed by atoms with Gasteiger partial charge in [-0.05, 0) is 17.1 Å². The van der Waals surface area contributed by atoms with Crippen LogP contribution < -0.4 is 9.47 Å². The molecule has 102 valence electrons. The summed E-state index contributed by atoms with van der Waals surface area (Å²) in [6.45, 7) is 0. The highest BCUT2D eigenvalue weighted by Gasteiger charge is 2.25. The number of rotatable bonds is 4. The van der Waals surface area contributed by atoms with E-state index in [2.05, 4.69) is 4.98 Å². The molecule has 3 rings (SSSR count). The third-order valence-corrected chi connectivity index (χ3v) is 3.39. The molecule has 8 heteroatoms. The Bertz CT molecular complexity index is 780. The molecule has 0 spiro atoms. The SMILES string of the molecule is COc1cccc(Oc2nc3sccn3c2[N+](=O)[O-])c1. The van der Waals surface area contributed by atoms with Gasteiger partial charge in [0, 0.05) is 11.4 Å². The van der Waals surface area contributed by atoms with Crippen molar-refractivity contribution in [2.45, 2.75) is 0 Å². The van der Waals surface area contributed by atoms with Gasteiger partial charge in [0.1, 0.15) is 17.7 Å². The Morgan fingerprint density at radius 2 is 2.20 bits per heavy atom. The first-order chi connectivity index (χ1) is 9.69. The van der Waals surface area contributed by atoms with Gasteiger partial charge in [-0.3, -0.25) is 0 Å². The standard InChI is InChI=1S/C12H9N3O4S/c1-18-8-3-2-4-9(7-8)19-10-11(15(16)17)14-5-6-20-12(14)13-10/h2-7H,1H3. The fourth-order valence-electron chi connectivity index (χ4n) is 1.76. The number of benzene rings is 1. The Labute approximate surface area is 117 Å². The second kappa shape index (κ2) is 4.82. The molecule has 0 saturated carbocycles. The van der Waals surface area contributed by atoms with E-state index >= 15 is 0 Å². The summed E-state index contributed by atoms with van der Waals surface area (Å²) in [6.07, 6.45) is 1.59. The summed E-state index contributed by atoms with van der Waals surface area (Å²) < 4.78 is 12.0. The van der Waals surface area contributed by atoms with Crippen molar-refractivity contribution in [3.63, 3.8) is 0 Å². The molecule has 2 heterocycles. The maximum absolute atomic E-state index is 11.2. The summed E-state index contributed by atoms with van der Waals surface area (Å²) in [5, 5.41) is 12.9. The van der Waals surface area contributed by atoms with Crippen LogP contribution in [-0.2, 0) is 0 Å². The van der Waals surface area contributed by atoms with E-state index in [1.54, 1.807) is 35.8 Å². The lowest BCUT2D eigenvalue weighted by atomic mass is 10.3. The molecular formula is C12H9N3O4S. The lowest BCUT2D eigenvalue weighted by Gasteiger charge is -2.04. The third-order valence-electron chi connectivity index (χ3n) is 2.63. The van der Waals surface area contributed by atoms with Gasteiger partial charge in [0.15, 0.2) is 0 Å². The molecule has 0 unspecified atom stereocenters. The first-order valence-corrected chi connectivity index (χ1v) is 6.49. The Balaban J connectivity index is 2.03. The first-order valence-electron chi connectivity index (χ1n) is 5.61. The smallest absolute Gasteiger partial charge is 0.393 e. The van der Waals surface area contributed by atoms with Gasteiger partial charge in [0.2, 0.25) is 0 Å². The van der Waals surface area contributed by atoms with Crippen molar-refractivity contribution in [2.75, 3.05) is 7.11 Å². The van der Waals surface area contributed by atoms with Crippen molar-refractivity contribution in [1.82, 2.24) is 9.38 Å². The van der Waals surface area contributed by atoms with Gasteiger partial charge in [-0.1, -0.05) is 17.4 Å². The molecule has 0 saturated heterocycles. The van der Waals surface area contributed by atoms with Crippen LogP contribution in [0.4, 0.5) is 5.82 Å². The van der Waals surface area contributed by atoms with E-state index in [9.17, 15) is 10.1 Å². The van der Waals surface area contributed by atoms with E-state index in [-0.39, 0.29) is 11.7 Å². The quantitative estimate of drug-likeness (QED) is 0.545. The molecule has 7 nitrogen and oxygen atoms in total. The van der Waals surface area contributed by atoms with E-state index in [0.29, 0.717) is 16.5 Å². The molecule has 20 heavy (non-hydrogen) atoms. The Morgan fingerprint density at radius 3 is 2.95 bits per heavy atom. The molecule has 2 aromatic heterocycles. The number of nitrogens with zero attached hydrogens (tertiary/aromatic N) is 3. The van der Waals surface area contributed by atoms with Crippen molar-refractivity contribution in [3.05, 3.63) is 46.0 Å². The maximum atomic E-state index is 11.2. The van der Waals surface area contributed by atoms with Crippen LogP contribution in [-0.4, -0.2) is 21.4 Å². The molecule has 0 fully saturated rings. The second-order valence-electron chi connectivity index (χ2n) is 3.83. The Hall–Kier alpha value is -2.61. The summed E-state index contributed by atoms with van der Waals surface area (Å²) in [7, 11) is 1.54.